The number of ether oxygens (including phenoxy) is 1. The van der Waals surface area contributed by atoms with E-state index in [4.69, 9.17) is 15.7 Å². The highest BCUT2D eigenvalue weighted by Crippen LogP contribution is 2.16. The predicted octanol–water partition coefficient (Wildman–Crippen LogP) is 2.19. The highest BCUT2D eigenvalue weighted by molar-refractivity contribution is 5.68. The quantitative estimate of drug-likeness (QED) is 0.846. The molecule has 0 unspecified atom stereocenters. The summed E-state index contributed by atoms with van der Waals surface area (Å²) >= 11 is 0. The lowest BCUT2D eigenvalue weighted by Crippen LogP contribution is -2.49. The largest absolute Gasteiger partial charge is 0.444 e. The summed E-state index contributed by atoms with van der Waals surface area (Å²) in [6.07, 6.45) is -0.257. The number of rotatable bonds is 2. The van der Waals surface area contributed by atoms with Gasteiger partial charge in [0.05, 0.1) is 11.6 Å². The Bertz CT molecular complexity index is 608. The molecule has 0 bridgehead atoms. The first kappa shape index (κ1) is 17.1. The van der Waals surface area contributed by atoms with E-state index >= 15 is 0 Å². The maximum Gasteiger partial charge on any atom is 0.410 e. The lowest BCUT2D eigenvalue weighted by atomic mass is 10.1. The molecule has 0 atom stereocenters. The average Bonchev–Trinajstić information content (AvgIpc) is 2.45. The maximum absolute atomic E-state index is 12.0. The van der Waals surface area contributed by atoms with Crippen molar-refractivity contribution in [2.75, 3.05) is 31.9 Å². The second-order valence-electron chi connectivity index (χ2n) is 6.82. The van der Waals surface area contributed by atoms with E-state index in [2.05, 4.69) is 11.0 Å². The van der Waals surface area contributed by atoms with Gasteiger partial charge in [-0.3, -0.25) is 4.90 Å². The van der Waals surface area contributed by atoms with Crippen molar-refractivity contribution < 1.29 is 9.53 Å². The zero-order chi connectivity index (χ0) is 17.0. The van der Waals surface area contributed by atoms with Gasteiger partial charge in [0.1, 0.15) is 5.60 Å². The first-order valence-electron chi connectivity index (χ1n) is 7.77. The van der Waals surface area contributed by atoms with E-state index in [0.717, 1.165) is 25.2 Å². The first-order chi connectivity index (χ1) is 10.8. The number of anilines is 1. The Labute approximate surface area is 137 Å². The van der Waals surface area contributed by atoms with Crippen molar-refractivity contribution in [3.8, 4) is 6.07 Å². The molecule has 6 nitrogen and oxygen atoms in total. The summed E-state index contributed by atoms with van der Waals surface area (Å²) in [5, 5.41) is 9.00. The molecule has 2 rings (SSSR count). The van der Waals surface area contributed by atoms with Crippen molar-refractivity contribution in [1.82, 2.24) is 9.80 Å². The van der Waals surface area contributed by atoms with Gasteiger partial charge in [0.15, 0.2) is 0 Å². The molecule has 124 valence electrons. The number of carbonyl (C=O) groups is 1. The van der Waals surface area contributed by atoms with Gasteiger partial charge in [-0.15, -0.1) is 0 Å². The third-order valence-corrected chi connectivity index (χ3v) is 3.57. The van der Waals surface area contributed by atoms with Crippen molar-refractivity contribution in [3.05, 3.63) is 29.3 Å². The lowest BCUT2D eigenvalue weighted by molar-refractivity contribution is 0.0139. The molecule has 1 saturated heterocycles. The fourth-order valence-corrected chi connectivity index (χ4v) is 2.55. The summed E-state index contributed by atoms with van der Waals surface area (Å²) in [4.78, 5) is 16.0. The third-order valence-electron chi connectivity index (χ3n) is 3.57. The Morgan fingerprint density at radius 3 is 2.48 bits per heavy atom. The molecule has 1 amide bonds. The average molecular weight is 316 g/mol. The van der Waals surface area contributed by atoms with Crippen molar-refractivity contribution in [2.45, 2.75) is 32.9 Å². The number of benzene rings is 1. The van der Waals surface area contributed by atoms with Crippen LogP contribution in [0.15, 0.2) is 18.2 Å². The van der Waals surface area contributed by atoms with Gasteiger partial charge in [0, 0.05) is 38.4 Å². The summed E-state index contributed by atoms with van der Waals surface area (Å²) in [5.41, 5.74) is 7.55. The standard InChI is InChI=1S/C17H24N4O2/c1-17(2,3)23-16(22)21-6-4-20(5-7-21)12-14-8-13(11-18)9-15(19)10-14/h8-10H,4-7,12,19H2,1-3H3. The normalized spacial score (nSPS) is 16.0. The number of amides is 1. The molecule has 0 aromatic heterocycles. The Balaban J connectivity index is 1.89. The van der Waals surface area contributed by atoms with Crippen LogP contribution in [-0.4, -0.2) is 47.7 Å². The van der Waals surface area contributed by atoms with Gasteiger partial charge in [0.2, 0.25) is 0 Å². The highest BCUT2D eigenvalue weighted by atomic mass is 16.6. The van der Waals surface area contributed by atoms with E-state index in [0.29, 0.717) is 24.3 Å². The molecule has 0 aliphatic carbocycles. The van der Waals surface area contributed by atoms with E-state index in [1.54, 1.807) is 11.0 Å². The molecule has 23 heavy (non-hydrogen) atoms. The van der Waals surface area contributed by atoms with Gasteiger partial charge in [0.25, 0.3) is 0 Å². The van der Waals surface area contributed by atoms with Crippen molar-refractivity contribution >= 4 is 11.8 Å². The van der Waals surface area contributed by atoms with Crippen LogP contribution in [0, 0.1) is 11.3 Å². The number of hydrogen-bond donors (Lipinski definition) is 1. The number of nitriles is 1. The Kier molecular flexibility index (Phi) is 5.12. The van der Waals surface area contributed by atoms with Crippen LogP contribution >= 0.6 is 0 Å². The molecule has 1 aromatic rings. The number of carbonyl (C=O) groups excluding carboxylic acids is 1. The van der Waals surface area contributed by atoms with Crippen LogP contribution in [0.3, 0.4) is 0 Å². The number of hydrogen-bond acceptors (Lipinski definition) is 5. The Hall–Kier alpha value is -2.26. The van der Waals surface area contributed by atoms with Crippen LogP contribution in [0.5, 0.6) is 0 Å². The molecule has 1 aromatic carbocycles. The number of nitrogens with two attached hydrogens (primary N) is 1. The third kappa shape index (κ3) is 5.15. The van der Waals surface area contributed by atoms with Gasteiger partial charge < -0.3 is 15.4 Å². The molecule has 1 heterocycles. The van der Waals surface area contributed by atoms with Crippen LogP contribution in [0.4, 0.5) is 10.5 Å². The summed E-state index contributed by atoms with van der Waals surface area (Å²) in [6, 6.07) is 7.54. The van der Waals surface area contributed by atoms with Gasteiger partial charge in [-0.2, -0.15) is 5.26 Å². The van der Waals surface area contributed by atoms with E-state index in [1.807, 2.05) is 32.9 Å². The molecule has 0 saturated carbocycles. The van der Waals surface area contributed by atoms with E-state index in [-0.39, 0.29) is 6.09 Å². The second kappa shape index (κ2) is 6.88. The van der Waals surface area contributed by atoms with Crippen LogP contribution in [0.2, 0.25) is 0 Å². The Morgan fingerprint density at radius 1 is 1.26 bits per heavy atom. The van der Waals surface area contributed by atoms with Crippen LogP contribution in [-0.2, 0) is 11.3 Å². The molecule has 1 aliphatic rings. The monoisotopic (exact) mass is 316 g/mol. The topological polar surface area (TPSA) is 82.6 Å². The summed E-state index contributed by atoms with van der Waals surface area (Å²) in [7, 11) is 0. The van der Waals surface area contributed by atoms with Crippen molar-refractivity contribution in [3.63, 3.8) is 0 Å². The van der Waals surface area contributed by atoms with Crippen LogP contribution in [0.25, 0.3) is 0 Å². The molecular weight excluding hydrogens is 292 g/mol. The molecule has 0 radical (unpaired) electrons. The Morgan fingerprint density at radius 2 is 1.91 bits per heavy atom. The molecule has 6 heteroatoms. The number of nitrogen functional groups attached to an aromatic ring is 1. The van der Waals surface area contributed by atoms with Gasteiger partial charge >= 0.3 is 6.09 Å². The molecule has 1 fully saturated rings. The smallest absolute Gasteiger partial charge is 0.410 e. The van der Waals surface area contributed by atoms with Crippen molar-refractivity contribution in [2.24, 2.45) is 0 Å². The molecule has 2 N–H and O–H groups in total. The first-order valence-corrected chi connectivity index (χ1v) is 7.77. The zero-order valence-corrected chi connectivity index (χ0v) is 14.0. The zero-order valence-electron chi connectivity index (χ0n) is 14.0. The summed E-state index contributed by atoms with van der Waals surface area (Å²) in [6.45, 7) is 9.16. The maximum atomic E-state index is 12.0. The molecular formula is C17H24N4O2. The number of nitrogens with zero attached hydrogens (tertiary/aromatic N) is 3. The highest BCUT2D eigenvalue weighted by Gasteiger charge is 2.25. The minimum absolute atomic E-state index is 0.257. The minimum Gasteiger partial charge on any atom is -0.444 e. The van der Waals surface area contributed by atoms with E-state index < -0.39 is 5.60 Å². The van der Waals surface area contributed by atoms with E-state index in [1.165, 1.54) is 0 Å². The predicted molar refractivity (Wildman–Crippen MR) is 88.7 cm³/mol. The lowest BCUT2D eigenvalue weighted by Gasteiger charge is -2.35. The van der Waals surface area contributed by atoms with E-state index in [9.17, 15) is 4.79 Å². The van der Waals surface area contributed by atoms with Gasteiger partial charge in [-0.1, -0.05) is 0 Å². The van der Waals surface area contributed by atoms with Crippen molar-refractivity contribution in [1.29, 1.82) is 5.26 Å². The van der Waals surface area contributed by atoms with Crippen LogP contribution in [0.1, 0.15) is 31.9 Å². The fraction of sp³-hybridized carbons (Fsp3) is 0.529. The van der Waals surface area contributed by atoms with Crippen LogP contribution < -0.4 is 5.73 Å². The van der Waals surface area contributed by atoms with Gasteiger partial charge in [-0.05, 0) is 44.5 Å². The summed E-state index contributed by atoms with van der Waals surface area (Å²) in [5.74, 6) is 0. The molecule has 1 aliphatic heterocycles. The minimum atomic E-state index is -0.469. The van der Waals surface area contributed by atoms with Gasteiger partial charge in [-0.25, -0.2) is 4.79 Å². The fourth-order valence-electron chi connectivity index (χ4n) is 2.55. The number of piperazine rings is 1. The SMILES string of the molecule is CC(C)(C)OC(=O)N1CCN(Cc2cc(N)cc(C#N)c2)CC1. The molecule has 0 spiro atoms. The second-order valence-corrected chi connectivity index (χ2v) is 6.82. The summed E-state index contributed by atoms with van der Waals surface area (Å²) < 4.78 is 5.39.